The molecule has 1 N–H and O–H groups in total. The van der Waals surface area contributed by atoms with E-state index in [0.29, 0.717) is 6.42 Å². The normalized spacial score (nSPS) is 40.3. The van der Waals surface area contributed by atoms with E-state index in [0.717, 1.165) is 19.4 Å². The van der Waals surface area contributed by atoms with Crippen LogP contribution >= 0.6 is 0 Å². The first kappa shape index (κ1) is 10.3. The monoisotopic (exact) mass is 203 g/mol. The van der Waals surface area contributed by atoms with Gasteiger partial charge in [0.2, 0.25) is 0 Å². The maximum Gasteiger partial charge on any atom is 0.252 e. The summed E-state index contributed by atoms with van der Waals surface area (Å²) in [5.74, 6) is -2.87. The minimum Gasteiger partial charge on any atom is -0.313 e. The molecule has 14 heavy (non-hydrogen) atoms. The second kappa shape index (κ2) is 3.16. The smallest absolute Gasteiger partial charge is 0.252 e. The Balaban J connectivity index is 2.18. The summed E-state index contributed by atoms with van der Waals surface area (Å²) >= 11 is 0. The van der Waals surface area contributed by atoms with Crippen molar-refractivity contribution in [3.8, 4) is 0 Å². The van der Waals surface area contributed by atoms with Crippen molar-refractivity contribution >= 4 is 0 Å². The second-order valence-corrected chi connectivity index (χ2v) is 5.62. The first-order chi connectivity index (χ1) is 6.41. The molecule has 0 spiro atoms. The minimum absolute atomic E-state index is 0.0440. The van der Waals surface area contributed by atoms with Crippen LogP contribution < -0.4 is 5.32 Å². The second-order valence-electron chi connectivity index (χ2n) is 5.62. The van der Waals surface area contributed by atoms with Gasteiger partial charge in [-0.2, -0.15) is 0 Å². The van der Waals surface area contributed by atoms with Crippen molar-refractivity contribution in [2.24, 2.45) is 11.3 Å². The highest BCUT2D eigenvalue weighted by atomic mass is 19.3. The standard InChI is InChI=1S/C11H19F2N/c1-10(2)6-9-8(4-3-5-14-9)11(12,13)7-10/h8-9,14H,3-7H2,1-2H3. The Hall–Kier alpha value is -0.180. The van der Waals surface area contributed by atoms with Gasteiger partial charge in [-0.25, -0.2) is 8.78 Å². The Bertz CT molecular complexity index is 225. The lowest BCUT2D eigenvalue weighted by molar-refractivity contribution is -0.141. The minimum atomic E-state index is -2.46. The summed E-state index contributed by atoms with van der Waals surface area (Å²) in [4.78, 5) is 0. The van der Waals surface area contributed by atoms with Crippen molar-refractivity contribution < 1.29 is 8.78 Å². The van der Waals surface area contributed by atoms with Crippen molar-refractivity contribution in [3.05, 3.63) is 0 Å². The van der Waals surface area contributed by atoms with Gasteiger partial charge in [0, 0.05) is 18.4 Å². The van der Waals surface area contributed by atoms with Gasteiger partial charge in [-0.3, -0.25) is 0 Å². The Morgan fingerprint density at radius 2 is 2.00 bits per heavy atom. The van der Waals surface area contributed by atoms with Crippen LogP contribution in [0.1, 0.15) is 39.5 Å². The highest BCUT2D eigenvalue weighted by Crippen LogP contribution is 2.49. The molecule has 0 aromatic rings. The van der Waals surface area contributed by atoms with Gasteiger partial charge in [-0.1, -0.05) is 13.8 Å². The lowest BCUT2D eigenvalue weighted by Gasteiger charge is -2.48. The predicted octanol–water partition coefficient (Wildman–Crippen LogP) is 2.81. The Labute approximate surface area is 84.3 Å². The van der Waals surface area contributed by atoms with Crippen molar-refractivity contribution in [1.29, 1.82) is 0 Å². The molecular weight excluding hydrogens is 184 g/mol. The van der Waals surface area contributed by atoms with E-state index >= 15 is 0 Å². The van der Waals surface area contributed by atoms with E-state index in [1.54, 1.807) is 0 Å². The molecule has 0 aromatic heterocycles. The van der Waals surface area contributed by atoms with Gasteiger partial charge in [0.05, 0.1) is 0 Å². The third-order valence-corrected chi connectivity index (χ3v) is 3.61. The third-order valence-electron chi connectivity index (χ3n) is 3.61. The summed E-state index contributed by atoms with van der Waals surface area (Å²) < 4.78 is 27.6. The van der Waals surface area contributed by atoms with E-state index in [1.807, 2.05) is 13.8 Å². The first-order valence-electron chi connectivity index (χ1n) is 5.52. The molecule has 0 aromatic carbocycles. The Kier molecular flexibility index (Phi) is 2.33. The average Bonchev–Trinajstić information content (AvgIpc) is 2.00. The SMILES string of the molecule is CC1(C)CC2NCCCC2C(F)(F)C1. The molecule has 2 rings (SSSR count). The van der Waals surface area contributed by atoms with Gasteiger partial charge in [0.25, 0.3) is 5.92 Å². The number of alkyl halides is 2. The molecule has 2 aliphatic rings. The van der Waals surface area contributed by atoms with Crippen LogP contribution in [0.2, 0.25) is 0 Å². The summed E-state index contributed by atoms with van der Waals surface area (Å²) in [5, 5.41) is 3.25. The summed E-state index contributed by atoms with van der Waals surface area (Å²) in [6.07, 6.45) is 2.55. The van der Waals surface area contributed by atoms with Crippen LogP contribution in [0.15, 0.2) is 0 Å². The number of hydrogen-bond acceptors (Lipinski definition) is 1. The van der Waals surface area contributed by atoms with Gasteiger partial charge in [-0.05, 0) is 31.2 Å². The zero-order chi connectivity index (χ0) is 10.4. The van der Waals surface area contributed by atoms with Crippen LogP contribution in [0.4, 0.5) is 8.78 Å². The van der Waals surface area contributed by atoms with Crippen LogP contribution in [-0.2, 0) is 0 Å². The number of nitrogens with one attached hydrogen (secondary N) is 1. The number of hydrogen-bond donors (Lipinski definition) is 1. The van der Waals surface area contributed by atoms with E-state index in [4.69, 9.17) is 0 Å². The number of fused-ring (bicyclic) bond motifs is 1. The molecular formula is C11H19F2N. The first-order valence-corrected chi connectivity index (χ1v) is 5.52. The topological polar surface area (TPSA) is 12.0 Å². The van der Waals surface area contributed by atoms with Crippen molar-refractivity contribution in [3.63, 3.8) is 0 Å². The fourth-order valence-corrected chi connectivity index (χ4v) is 3.11. The summed E-state index contributed by atoms with van der Waals surface area (Å²) in [5.41, 5.74) is -0.213. The van der Waals surface area contributed by atoms with Gasteiger partial charge in [0.1, 0.15) is 0 Å². The van der Waals surface area contributed by atoms with Crippen LogP contribution in [0, 0.1) is 11.3 Å². The lowest BCUT2D eigenvalue weighted by atomic mass is 9.66. The quantitative estimate of drug-likeness (QED) is 0.638. The zero-order valence-corrected chi connectivity index (χ0v) is 8.95. The number of piperidine rings is 1. The predicted molar refractivity (Wildman–Crippen MR) is 52.5 cm³/mol. The molecule has 2 atom stereocenters. The summed E-state index contributed by atoms with van der Waals surface area (Å²) in [6, 6.07) is 0.0440. The van der Waals surface area contributed by atoms with Crippen molar-refractivity contribution in [2.75, 3.05) is 6.54 Å². The highest BCUT2D eigenvalue weighted by molar-refractivity contribution is 4.99. The van der Waals surface area contributed by atoms with Crippen LogP contribution in [0.3, 0.4) is 0 Å². The molecule has 1 aliphatic carbocycles. The van der Waals surface area contributed by atoms with Gasteiger partial charge >= 0.3 is 0 Å². The molecule has 0 bridgehead atoms. The van der Waals surface area contributed by atoms with Crippen LogP contribution in [-0.4, -0.2) is 18.5 Å². The fourth-order valence-electron chi connectivity index (χ4n) is 3.11. The molecule has 1 saturated heterocycles. The van der Waals surface area contributed by atoms with Crippen molar-refractivity contribution in [2.45, 2.75) is 51.5 Å². The van der Waals surface area contributed by atoms with Crippen LogP contribution in [0.5, 0.6) is 0 Å². The highest BCUT2D eigenvalue weighted by Gasteiger charge is 2.53. The lowest BCUT2D eigenvalue weighted by Crippen LogP contribution is -2.55. The molecule has 3 heteroatoms. The number of rotatable bonds is 0. The number of halogens is 2. The molecule has 2 unspecified atom stereocenters. The van der Waals surface area contributed by atoms with Crippen LogP contribution in [0.25, 0.3) is 0 Å². The van der Waals surface area contributed by atoms with Crippen molar-refractivity contribution in [1.82, 2.24) is 5.32 Å². The van der Waals surface area contributed by atoms with Gasteiger partial charge in [-0.15, -0.1) is 0 Å². The molecule has 0 amide bonds. The molecule has 0 radical (unpaired) electrons. The van der Waals surface area contributed by atoms with E-state index in [-0.39, 0.29) is 17.9 Å². The molecule has 1 saturated carbocycles. The summed E-state index contributed by atoms with van der Waals surface area (Å²) in [7, 11) is 0. The third kappa shape index (κ3) is 1.79. The molecule has 2 fully saturated rings. The van der Waals surface area contributed by atoms with E-state index in [1.165, 1.54) is 0 Å². The van der Waals surface area contributed by atoms with Gasteiger partial charge < -0.3 is 5.32 Å². The molecule has 1 heterocycles. The van der Waals surface area contributed by atoms with E-state index in [2.05, 4.69) is 5.32 Å². The largest absolute Gasteiger partial charge is 0.313 e. The Morgan fingerprint density at radius 3 is 2.71 bits per heavy atom. The molecule has 82 valence electrons. The van der Waals surface area contributed by atoms with E-state index < -0.39 is 11.8 Å². The maximum atomic E-state index is 13.8. The summed E-state index contributed by atoms with van der Waals surface area (Å²) in [6.45, 7) is 4.81. The van der Waals surface area contributed by atoms with E-state index in [9.17, 15) is 8.78 Å². The van der Waals surface area contributed by atoms with Gasteiger partial charge in [0.15, 0.2) is 0 Å². The molecule has 1 aliphatic heterocycles. The Morgan fingerprint density at radius 1 is 1.29 bits per heavy atom. The molecule has 1 nitrogen and oxygen atoms in total. The average molecular weight is 203 g/mol. The maximum absolute atomic E-state index is 13.8. The zero-order valence-electron chi connectivity index (χ0n) is 8.95. The fraction of sp³-hybridized carbons (Fsp3) is 1.00.